The number of hydrogen-bond acceptors (Lipinski definition) is 6. The number of carbonyl (C=O) groups is 3. The van der Waals surface area contributed by atoms with Crippen LogP contribution in [-0.2, 0) is 11.3 Å². The van der Waals surface area contributed by atoms with Crippen molar-refractivity contribution in [3.63, 3.8) is 0 Å². The largest absolute Gasteiger partial charge is 0.457 e. The van der Waals surface area contributed by atoms with Gasteiger partial charge in [0.15, 0.2) is 0 Å². The first-order chi connectivity index (χ1) is 13.1. The third-order valence-corrected chi connectivity index (χ3v) is 3.65. The lowest BCUT2D eigenvalue weighted by atomic mass is 10.1. The van der Waals surface area contributed by atoms with E-state index in [2.05, 4.69) is 15.3 Å². The molecule has 3 rings (SSSR count). The standard InChI is InChI=1S/C20H15N3O4/c24-18(15-7-4-9-21-11-15)23-19(25)16-8-10-22-12-17(16)20(26)27-13-14-5-2-1-3-6-14/h1-12H,13H2,(H,23,24,25). The molecule has 27 heavy (non-hydrogen) atoms. The molecular weight excluding hydrogens is 346 g/mol. The first-order valence-electron chi connectivity index (χ1n) is 8.06. The van der Waals surface area contributed by atoms with Crippen molar-refractivity contribution in [3.05, 3.63) is 95.6 Å². The van der Waals surface area contributed by atoms with E-state index in [-0.39, 0.29) is 23.3 Å². The highest BCUT2D eigenvalue weighted by molar-refractivity contribution is 6.13. The first-order valence-corrected chi connectivity index (χ1v) is 8.06. The second-order valence-corrected chi connectivity index (χ2v) is 5.51. The SMILES string of the molecule is O=C(NC(=O)c1ccncc1C(=O)OCc1ccccc1)c1cccnc1. The normalized spacial score (nSPS) is 10.1. The zero-order valence-corrected chi connectivity index (χ0v) is 14.2. The molecule has 2 amide bonds. The Kier molecular flexibility index (Phi) is 5.64. The summed E-state index contributed by atoms with van der Waals surface area (Å²) in [7, 11) is 0. The Labute approximate surface area is 155 Å². The number of rotatable bonds is 5. The molecule has 0 aliphatic heterocycles. The summed E-state index contributed by atoms with van der Waals surface area (Å²) in [5.74, 6) is -2.04. The molecule has 2 aromatic heterocycles. The third kappa shape index (κ3) is 4.60. The molecule has 3 aromatic rings. The van der Waals surface area contributed by atoms with Gasteiger partial charge in [-0.15, -0.1) is 0 Å². The lowest BCUT2D eigenvalue weighted by molar-refractivity contribution is 0.0468. The fourth-order valence-electron chi connectivity index (χ4n) is 2.30. The minimum Gasteiger partial charge on any atom is -0.457 e. The summed E-state index contributed by atoms with van der Waals surface area (Å²) in [5.41, 5.74) is 1.02. The van der Waals surface area contributed by atoms with Gasteiger partial charge in [-0.2, -0.15) is 0 Å². The molecule has 0 unspecified atom stereocenters. The van der Waals surface area contributed by atoms with E-state index in [0.717, 1.165) is 5.56 Å². The van der Waals surface area contributed by atoms with Crippen LogP contribution in [0.1, 0.15) is 36.6 Å². The molecule has 1 aromatic carbocycles. The summed E-state index contributed by atoms with van der Waals surface area (Å²) in [5, 5.41) is 2.23. The fraction of sp³-hybridized carbons (Fsp3) is 0.0500. The molecule has 7 nitrogen and oxygen atoms in total. The van der Waals surface area contributed by atoms with Crippen LogP contribution in [0.25, 0.3) is 0 Å². The number of hydrogen-bond donors (Lipinski definition) is 1. The predicted molar refractivity (Wildman–Crippen MR) is 95.8 cm³/mol. The van der Waals surface area contributed by atoms with Crippen LogP contribution in [0.2, 0.25) is 0 Å². The number of imide groups is 1. The lowest BCUT2D eigenvalue weighted by Crippen LogP contribution is -2.31. The maximum Gasteiger partial charge on any atom is 0.340 e. The van der Waals surface area contributed by atoms with E-state index in [1.165, 1.54) is 36.9 Å². The molecule has 0 bridgehead atoms. The van der Waals surface area contributed by atoms with E-state index < -0.39 is 17.8 Å². The van der Waals surface area contributed by atoms with E-state index >= 15 is 0 Å². The second kappa shape index (κ2) is 8.48. The van der Waals surface area contributed by atoms with Gasteiger partial charge in [0.2, 0.25) is 0 Å². The number of nitrogens with one attached hydrogen (secondary N) is 1. The van der Waals surface area contributed by atoms with Crippen LogP contribution < -0.4 is 5.32 Å². The van der Waals surface area contributed by atoms with Crippen LogP contribution in [0.15, 0.2) is 73.3 Å². The monoisotopic (exact) mass is 361 g/mol. The predicted octanol–water partition coefficient (Wildman–Crippen LogP) is 2.40. The summed E-state index contributed by atoms with van der Waals surface area (Å²) in [6, 6.07) is 13.6. The average molecular weight is 361 g/mol. The third-order valence-electron chi connectivity index (χ3n) is 3.65. The molecule has 0 saturated heterocycles. The number of aromatic nitrogens is 2. The van der Waals surface area contributed by atoms with E-state index in [9.17, 15) is 14.4 Å². The van der Waals surface area contributed by atoms with Crippen molar-refractivity contribution in [2.75, 3.05) is 0 Å². The first kappa shape index (κ1) is 17.9. The molecular formula is C20H15N3O4. The van der Waals surface area contributed by atoms with Gasteiger partial charge in [-0.3, -0.25) is 24.9 Å². The van der Waals surface area contributed by atoms with Crippen LogP contribution in [0, 0.1) is 0 Å². The van der Waals surface area contributed by atoms with Gasteiger partial charge >= 0.3 is 5.97 Å². The summed E-state index contributed by atoms with van der Waals surface area (Å²) >= 11 is 0. The van der Waals surface area contributed by atoms with E-state index in [4.69, 9.17) is 4.74 Å². The topological polar surface area (TPSA) is 98.2 Å². The second-order valence-electron chi connectivity index (χ2n) is 5.51. The van der Waals surface area contributed by atoms with Gasteiger partial charge < -0.3 is 4.74 Å². The van der Waals surface area contributed by atoms with Crippen molar-refractivity contribution in [1.29, 1.82) is 0 Å². The molecule has 0 radical (unpaired) electrons. The number of pyridine rings is 2. The minimum absolute atomic E-state index is 0.000280. The Morgan fingerprint density at radius 3 is 2.33 bits per heavy atom. The van der Waals surface area contributed by atoms with Gasteiger partial charge in [0, 0.05) is 24.8 Å². The van der Waals surface area contributed by atoms with E-state index in [0.29, 0.717) is 0 Å². The summed E-state index contributed by atoms with van der Waals surface area (Å²) < 4.78 is 5.24. The average Bonchev–Trinajstić information content (AvgIpc) is 2.73. The van der Waals surface area contributed by atoms with Crippen LogP contribution >= 0.6 is 0 Å². The number of benzene rings is 1. The van der Waals surface area contributed by atoms with Gasteiger partial charge in [0.25, 0.3) is 11.8 Å². The summed E-state index contributed by atoms with van der Waals surface area (Å²) in [6.07, 6.45) is 5.45. The minimum atomic E-state index is -0.724. The Morgan fingerprint density at radius 2 is 1.59 bits per heavy atom. The molecule has 0 spiro atoms. The highest BCUT2D eigenvalue weighted by atomic mass is 16.5. The highest BCUT2D eigenvalue weighted by Gasteiger charge is 2.20. The van der Waals surface area contributed by atoms with Crippen molar-refractivity contribution < 1.29 is 19.1 Å². The van der Waals surface area contributed by atoms with Gasteiger partial charge in [-0.1, -0.05) is 30.3 Å². The summed E-state index contributed by atoms with van der Waals surface area (Å²) in [4.78, 5) is 44.6. The number of amides is 2. The molecule has 1 N–H and O–H groups in total. The quantitative estimate of drug-likeness (QED) is 0.553. The number of esters is 1. The molecule has 134 valence electrons. The summed E-state index contributed by atoms with van der Waals surface area (Å²) in [6.45, 7) is 0.0598. The van der Waals surface area contributed by atoms with Crippen molar-refractivity contribution >= 4 is 17.8 Å². The van der Waals surface area contributed by atoms with Crippen LogP contribution in [0.4, 0.5) is 0 Å². The molecule has 2 heterocycles. The molecule has 0 aliphatic rings. The smallest absolute Gasteiger partial charge is 0.340 e. The number of nitrogens with zero attached hydrogens (tertiary/aromatic N) is 2. The maximum absolute atomic E-state index is 12.4. The van der Waals surface area contributed by atoms with E-state index in [1.807, 2.05) is 30.3 Å². The fourth-order valence-corrected chi connectivity index (χ4v) is 2.30. The lowest BCUT2D eigenvalue weighted by Gasteiger charge is -2.09. The van der Waals surface area contributed by atoms with Gasteiger partial charge in [0.1, 0.15) is 6.61 Å². The van der Waals surface area contributed by atoms with Gasteiger partial charge in [-0.05, 0) is 23.8 Å². The Balaban J connectivity index is 1.72. The molecule has 0 aliphatic carbocycles. The van der Waals surface area contributed by atoms with Gasteiger partial charge in [-0.25, -0.2) is 4.79 Å². The molecule has 0 atom stereocenters. The van der Waals surface area contributed by atoms with Crippen molar-refractivity contribution in [1.82, 2.24) is 15.3 Å². The van der Waals surface area contributed by atoms with Crippen molar-refractivity contribution in [2.24, 2.45) is 0 Å². The van der Waals surface area contributed by atoms with Crippen LogP contribution in [0.3, 0.4) is 0 Å². The maximum atomic E-state index is 12.4. The van der Waals surface area contributed by atoms with Crippen molar-refractivity contribution in [3.8, 4) is 0 Å². The number of carbonyl (C=O) groups excluding carboxylic acids is 3. The Morgan fingerprint density at radius 1 is 0.815 bits per heavy atom. The molecule has 0 fully saturated rings. The van der Waals surface area contributed by atoms with E-state index in [1.54, 1.807) is 6.07 Å². The number of ether oxygens (including phenoxy) is 1. The van der Waals surface area contributed by atoms with Crippen LogP contribution in [0.5, 0.6) is 0 Å². The molecule has 0 saturated carbocycles. The van der Waals surface area contributed by atoms with Gasteiger partial charge in [0.05, 0.1) is 16.7 Å². The van der Waals surface area contributed by atoms with Crippen LogP contribution in [-0.4, -0.2) is 27.8 Å². The molecule has 7 heteroatoms. The van der Waals surface area contributed by atoms with Crippen molar-refractivity contribution in [2.45, 2.75) is 6.61 Å². The zero-order valence-electron chi connectivity index (χ0n) is 14.2. The zero-order chi connectivity index (χ0) is 19.1. The Hall–Kier alpha value is -3.87. The highest BCUT2D eigenvalue weighted by Crippen LogP contribution is 2.11. The Bertz CT molecular complexity index is 959.